The summed E-state index contributed by atoms with van der Waals surface area (Å²) < 4.78 is 10.6. The fourth-order valence-corrected chi connectivity index (χ4v) is 2.58. The van der Waals surface area contributed by atoms with Crippen LogP contribution < -0.4 is 14.8 Å². The molecule has 0 saturated carbocycles. The van der Waals surface area contributed by atoms with Gasteiger partial charge in [-0.15, -0.1) is 0 Å². The van der Waals surface area contributed by atoms with Crippen molar-refractivity contribution in [2.24, 2.45) is 0 Å². The highest BCUT2D eigenvalue weighted by atomic mass is 16.5. The predicted octanol–water partition coefficient (Wildman–Crippen LogP) is 2.94. The molecule has 3 nitrogen and oxygen atoms in total. The van der Waals surface area contributed by atoms with Crippen LogP contribution in [0.5, 0.6) is 11.5 Å². The van der Waals surface area contributed by atoms with E-state index in [0.29, 0.717) is 12.1 Å². The van der Waals surface area contributed by atoms with E-state index in [9.17, 15) is 0 Å². The van der Waals surface area contributed by atoms with Crippen molar-refractivity contribution in [3.63, 3.8) is 0 Å². The van der Waals surface area contributed by atoms with Gasteiger partial charge in [-0.1, -0.05) is 18.2 Å². The summed E-state index contributed by atoms with van der Waals surface area (Å²) in [4.78, 5) is 0. The lowest BCUT2D eigenvalue weighted by molar-refractivity contribution is 0.354. The van der Waals surface area contributed by atoms with Gasteiger partial charge in [0.05, 0.1) is 14.2 Å². The van der Waals surface area contributed by atoms with E-state index in [1.54, 1.807) is 14.2 Å². The lowest BCUT2D eigenvalue weighted by Crippen LogP contribution is -2.36. The van der Waals surface area contributed by atoms with Crippen LogP contribution in [-0.2, 0) is 6.42 Å². The van der Waals surface area contributed by atoms with E-state index in [2.05, 4.69) is 36.5 Å². The number of ether oxygens (including phenoxy) is 2. The first kappa shape index (κ1) is 13.9. The van der Waals surface area contributed by atoms with Crippen LogP contribution in [-0.4, -0.2) is 26.3 Å². The lowest BCUT2D eigenvalue weighted by Gasteiger charge is -2.19. The van der Waals surface area contributed by atoms with Gasteiger partial charge in [0.15, 0.2) is 11.5 Å². The molecule has 1 aliphatic rings. The molecule has 0 radical (unpaired) electrons. The number of benzene rings is 1. The third kappa shape index (κ3) is 3.74. The van der Waals surface area contributed by atoms with Crippen LogP contribution in [0.4, 0.5) is 0 Å². The monoisotopic (exact) mass is 261 g/mol. The minimum atomic E-state index is 0.461. The molecular weight excluding hydrogens is 238 g/mol. The van der Waals surface area contributed by atoms with Gasteiger partial charge in [0.1, 0.15) is 0 Å². The van der Waals surface area contributed by atoms with Crippen molar-refractivity contribution in [1.82, 2.24) is 5.32 Å². The van der Waals surface area contributed by atoms with Gasteiger partial charge in [-0.3, -0.25) is 0 Å². The van der Waals surface area contributed by atoms with E-state index in [-0.39, 0.29) is 0 Å². The van der Waals surface area contributed by atoms with E-state index >= 15 is 0 Å². The Morgan fingerprint density at radius 3 is 2.47 bits per heavy atom. The second-order valence-electron chi connectivity index (χ2n) is 5.10. The number of nitrogens with one attached hydrogen (secondary N) is 1. The summed E-state index contributed by atoms with van der Waals surface area (Å²) in [6, 6.07) is 7.20. The molecule has 104 valence electrons. The first-order chi connectivity index (χ1) is 9.22. The van der Waals surface area contributed by atoms with E-state index in [0.717, 1.165) is 30.8 Å². The van der Waals surface area contributed by atoms with E-state index in [1.807, 2.05) is 6.07 Å². The minimum absolute atomic E-state index is 0.461. The molecule has 0 heterocycles. The fraction of sp³-hybridized carbons (Fsp3) is 0.500. The minimum Gasteiger partial charge on any atom is -0.493 e. The molecule has 0 aliphatic heterocycles. The average Bonchev–Trinajstić information content (AvgIpc) is 2.91. The molecule has 1 N–H and O–H groups in total. The third-order valence-corrected chi connectivity index (χ3v) is 3.52. The Morgan fingerprint density at radius 2 is 1.84 bits per heavy atom. The SMILES string of the molecule is COc1ccc(CC(C)NC2CC=CC2)cc1OC. The third-order valence-electron chi connectivity index (χ3n) is 3.52. The second kappa shape index (κ2) is 6.62. The molecule has 1 aromatic carbocycles. The van der Waals surface area contributed by atoms with Crippen LogP contribution in [0.1, 0.15) is 25.3 Å². The summed E-state index contributed by atoms with van der Waals surface area (Å²) in [5.41, 5.74) is 1.27. The van der Waals surface area contributed by atoms with E-state index < -0.39 is 0 Å². The lowest BCUT2D eigenvalue weighted by atomic mass is 10.1. The molecule has 1 unspecified atom stereocenters. The van der Waals surface area contributed by atoms with Crippen molar-refractivity contribution in [3.05, 3.63) is 35.9 Å². The highest BCUT2D eigenvalue weighted by Crippen LogP contribution is 2.28. The normalized spacial score (nSPS) is 16.6. The van der Waals surface area contributed by atoms with Crippen LogP contribution in [0.25, 0.3) is 0 Å². The second-order valence-corrected chi connectivity index (χ2v) is 5.10. The van der Waals surface area contributed by atoms with Crippen molar-refractivity contribution in [3.8, 4) is 11.5 Å². The summed E-state index contributed by atoms with van der Waals surface area (Å²) in [6.07, 6.45) is 7.80. The summed E-state index contributed by atoms with van der Waals surface area (Å²) in [7, 11) is 3.34. The zero-order chi connectivity index (χ0) is 13.7. The van der Waals surface area contributed by atoms with Crippen molar-refractivity contribution in [1.29, 1.82) is 0 Å². The smallest absolute Gasteiger partial charge is 0.160 e. The largest absolute Gasteiger partial charge is 0.493 e. The van der Waals surface area contributed by atoms with Gasteiger partial charge in [0.25, 0.3) is 0 Å². The molecule has 0 saturated heterocycles. The topological polar surface area (TPSA) is 30.5 Å². The molecule has 3 heteroatoms. The maximum Gasteiger partial charge on any atom is 0.160 e. The standard InChI is InChI=1S/C16H23NO2/c1-12(17-14-6-4-5-7-14)10-13-8-9-15(18-2)16(11-13)19-3/h4-5,8-9,11-12,14,17H,6-7,10H2,1-3H3. The number of methoxy groups -OCH3 is 2. The van der Waals surface area contributed by atoms with Crippen LogP contribution in [0, 0.1) is 0 Å². The molecular formula is C16H23NO2. The Hall–Kier alpha value is -1.48. The molecule has 1 aliphatic carbocycles. The van der Waals surface area contributed by atoms with E-state index in [4.69, 9.17) is 9.47 Å². The van der Waals surface area contributed by atoms with Crippen LogP contribution in [0.2, 0.25) is 0 Å². The van der Waals surface area contributed by atoms with Gasteiger partial charge in [0, 0.05) is 12.1 Å². The Bertz CT molecular complexity index is 434. The summed E-state index contributed by atoms with van der Waals surface area (Å²) in [5.74, 6) is 1.58. The zero-order valence-corrected chi connectivity index (χ0v) is 12.0. The molecule has 0 fully saturated rings. The number of rotatable bonds is 6. The van der Waals surface area contributed by atoms with Gasteiger partial charge in [-0.05, 0) is 43.9 Å². The Kier molecular flexibility index (Phi) is 4.86. The summed E-state index contributed by atoms with van der Waals surface area (Å²) >= 11 is 0. The van der Waals surface area contributed by atoms with Crippen molar-refractivity contribution in [2.45, 2.75) is 38.3 Å². The van der Waals surface area contributed by atoms with E-state index in [1.165, 1.54) is 5.56 Å². The molecule has 19 heavy (non-hydrogen) atoms. The Labute approximate surface area is 115 Å². The van der Waals surface area contributed by atoms with Crippen LogP contribution in [0.3, 0.4) is 0 Å². The van der Waals surface area contributed by atoms with Gasteiger partial charge >= 0.3 is 0 Å². The van der Waals surface area contributed by atoms with Crippen molar-refractivity contribution in [2.75, 3.05) is 14.2 Å². The fourth-order valence-electron chi connectivity index (χ4n) is 2.58. The maximum atomic E-state index is 5.34. The Morgan fingerprint density at radius 1 is 1.16 bits per heavy atom. The summed E-state index contributed by atoms with van der Waals surface area (Å²) in [5, 5.41) is 3.66. The summed E-state index contributed by atoms with van der Waals surface area (Å²) in [6.45, 7) is 2.23. The first-order valence-corrected chi connectivity index (χ1v) is 6.85. The highest BCUT2D eigenvalue weighted by Gasteiger charge is 2.14. The number of hydrogen-bond acceptors (Lipinski definition) is 3. The quantitative estimate of drug-likeness (QED) is 0.799. The van der Waals surface area contributed by atoms with Crippen LogP contribution >= 0.6 is 0 Å². The van der Waals surface area contributed by atoms with Crippen molar-refractivity contribution >= 4 is 0 Å². The molecule has 1 aromatic rings. The van der Waals surface area contributed by atoms with Gasteiger partial charge in [-0.2, -0.15) is 0 Å². The van der Waals surface area contributed by atoms with Crippen LogP contribution in [0.15, 0.2) is 30.4 Å². The van der Waals surface area contributed by atoms with Crippen molar-refractivity contribution < 1.29 is 9.47 Å². The van der Waals surface area contributed by atoms with Gasteiger partial charge < -0.3 is 14.8 Å². The predicted molar refractivity (Wildman–Crippen MR) is 78.0 cm³/mol. The first-order valence-electron chi connectivity index (χ1n) is 6.85. The molecule has 0 spiro atoms. The molecule has 0 bridgehead atoms. The molecule has 1 atom stereocenters. The highest BCUT2D eigenvalue weighted by molar-refractivity contribution is 5.43. The van der Waals surface area contributed by atoms with Gasteiger partial charge in [0.2, 0.25) is 0 Å². The maximum absolute atomic E-state index is 5.34. The van der Waals surface area contributed by atoms with Gasteiger partial charge in [-0.25, -0.2) is 0 Å². The Balaban J connectivity index is 1.94. The zero-order valence-electron chi connectivity index (χ0n) is 12.0. The molecule has 2 rings (SSSR count). The average molecular weight is 261 g/mol. The molecule has 0 amide bonds. The molecule has 0 aromatic heterocycles. The number of hydrogen-bond donors (Lipinski definition) is 1.